The molecule has 17 heavy (non-hydrogen) atoms. The zero-order valence-corrected chi connectivity index (χ0v) is 10.3. The van der Waals surface area contributed by atoms with Gasteiger partial charge in [-0.05, 0) is 17.5 Å². The molecule has 2 aromatic rings. The van der Waals surface area contributed by atoms with Crippen molar-refractivity contribution in [1.82, 2.24) is 5.32 Å². The predicted octanol–water partition coefficient (Wildman–Crippen LogP) is 3.47. The van der Waals surface area contributed by atoms with Gasteiger partial charge < -0.3 is 5.32 Å². The minimum absolute atomic E-state index is 0.153. The van der Waals surface area contributed by atoms with E-state index in [9.17, 15) is 9.18 Å². The molecule has 5 heteroatoms. The Bertz CT molecular complexity index is 541. The van der Waals surface area contributed by atoms with Crippen molar-refractivity contribution >= 4 is 28.8 Å². The van der Waals surface area contributed by atoms with Gasteiger partial charge in [0, 0.05) is 12.1 Å². The fraction of sp³-hybridized carbons (Fsp3) is 0.0833. The molecule has 0 saturated carbocycles. The van der Waals surface area contributed by atoms with E-state index in [2.05, 4.69) is 5.32 Å². The second-order valence-corrected chi connectivity index (χ2v) is 4.70. The van der Waals surface area contributed by atoms with Crippen LogP contribution < -0.4 is 5.32 Å². The van der Waals surface area contributed by atoms with E-state index in [-0.39, 0.29) is 18.3 Å². The van der Waals surface area contributed by atoms with Crippen LogP contribution in [-0.2, 0) is 6.54 Å². The lowest BCUT2D eigenvalue weighted by Crippen LogP contribution is -2.22. The average Bonchev–Trinajstić information content (AvgIpc) is 2.74. The van der Waals surface area contributed by atoms with Crippen molar-refractivity contribution < 1.29 is 9.18 Å². The number of thiophene rings is 1. The quantitative estimate of drug-likeness (QED) is 0.908. The molecule has 0 spiro atoms. The summed E-state index contributed by atoms with van der Waals surface area (Å²) in [4.78, 5) is 12.2. The largest absolute Gasteiger partial charge is 0.347 e. The first-order valence-corrected chi connectivity index (χ1v) is 6.19. The highest BCUT2D eigenvalue weighted by atomic mass is 35.5. The topological polar surface area (TPSA) is 29.1 Å². The standard InChI is InChI=1S/C12H9ClFNOS/c13-9-5-6-17-11(9)12(16)15-7-8-3-1-2-4-10(8)14/h1-6H,7H2,(H,15,16). The Balaban J connectivity index is 2.02. The van der Waals surface area contributed by atoms with Gasteiger partial charge in [-0.15, -0.1) is 11.3 Å². The highest BCUT2D eigenvalue weighted by Crippen LogP contribution is 2.21. The van der Waals surface area contributed by atoms with E-state index in [1.54, 1.807) is 29.6 Å². The number of nitrogens with one attached hydrogen (secondary N) is 1. The number of carbonyl (C=O) groups is 1. The third-order valence-electron chi connectivity index (χ3n) is 2.22. The Labute approximate surface area is 107 Å². The molecule has 0 aliphatic carbocycles. The van der Waals surface area contributed by atoms with Gasteiger partial charge in [-0.3, -0.25) is 4.79 Å². The predicted molar refractivity (Wildman–Crippen MR) is 66.9 cm³/mol. The molecule has 0 radical (unpaired) electrons. The second kappa shape index (κ2) is 5.29. The van der Waals surface area contributed by atoms with Crippen molar-refractivity contribution in [1.29, 1.82) is 0 Å². The summed E-state index contributed by atoms with van der Waals surface area (Å²) < 4.78 is 13.3. The normalized spacial score (nSPS) is 10.2. The Kier molecular flexibility index (Phi) is 3.76. The maximum absolute atomic E-state index is 13.3. The van der Waals surface area contributed by atoms with E-state index in [1.807, 2.05) is 0 Å². The van der Waals surface area contributed by atoms with Gasteiger partial charge in [-0.25, -0.2) is 4.39 Å². The van der Waals surface area contributed by atoms with Crippen LogP contribution in [0.15, 0.2) is 35.7 Å². The number of hydrogen-bond acceptors (Lipinski definition) is 2. The number of carbonyl (C=O) groups excluding carboxylic acids is 1. The van der Waals surface area contributed by atoms with E-state index in [4.69, 9.17) is 11.6 Å². The number of rotatable bonds is 3. The lowest BCUT2D eigenvalue weighted by molar-refractivity contribution is 0.0955. The Morgan fingerprint density at radius 3 is 2.76 bits per heavy atom. The van der Waals surface area contributed by atoms with Crippen LogP contribution in [0.3, 0.4) is 0 Å². The van der Waals surface area contributed by atoms with Gasteiger partial charge in [-0.1, -0.05) is 29.8 Å². The van der Waals surface area contributed by atoms with Crippen molar-refractivity contribution in [2.24, 2.45) is 0 Å². The molecular formula is C12H9ClFNOS. The Morgan fingerprint density at radius 2 is 2.12 bits per heavy atom. The van der Waals surface area contributed by atoms with Crippen LogP contribution in [0.1, 0.15) is 15.2 Å². The SMILES string of the molecule is O=C(NCc1ccccc1F)c1sccc1Cl. The molecule has 0 unspecified atom stereocenters. The minimum atomic E-state index is -0.329. The van der Waals surface area contributed by atoms with Gasteiger partial charge in [0.25, 0.3) is 5.91 Å². The molecule has 1 aromatic carbocycles. The summed E-state index contributed by atoms with van der Waals surface area (Å²) in [5, 5.41) is 4.78. The number of hydrogen-bond donors (Lipinski definition) is 1. The van der Waals surface area contributed by atoms with Crippen molar-refractivity contribution in [2.75, 3.05) is 0 Å². The Hall–Kier alpha value is -1.39. The van der Waals surface area contributed by atoms with Crippen LogP contribution in [-0.4, -0.2) is 5.91 Å². The zero-order chi connectivity index (χ0) is 12.3. The van der Waals surface area contributed by atoms with E-state index in [1.165, 1.54) is 17.4 Å². The minimum Gasteiger partial charge on any atom is -0.347 e. The van der Waals surface area contributed by atoms with Gasteiger partial charge in [0.15, 0.2) is 0 Å². The molecule has 2 rings (SSSR count). The first-order chi connectivity index (χ1) is 8.18. The lowest BCUT2D eigenvalue weighted by atomic mass is 10.2. The van der Waals surface area contributed by atoms with Crippen molar-refractivity contribution in [3.63, 3.8) is 0 Å². The summed E-state index contributed by atoms with van der Waals surface area (Å²) in [5.74, 6) is -0.613. The van der Waals surface area contributed by atoms with Crippen LogP contribution in [0, 0.1) is 5.82 Å². The van der Waals surface area contributed by atoms with Gasteiger partial charge >= 0.3 is 0 Å². The van der Waals surface area contributed by atoms with Crippen LogP contribution in [0.4, 0.5) is 4.39 Å². The van der Waals surface area contributed by atoms with E-state index >= 15 is 0 Å². The second-order valence-electron chi connectivity index (χ2n) is 3.37. The molecule has 1 N–H and O–H groups in total. The third kappa shape index (κ3) is 2.84. The maximum Gasteiger partial charge on any atom is 0.263 e. The Morgan fingerprint density at radius 1 is 1.35 bits per heavy atom. The average molecular weight is 270 g/mol. The van der Waals surface area contributed by atoms with E-state index in [0.29, 0.717) is 15.5 Å². The lowest BCUT2D eigenvalue weighted by Gasteiger charge is -2.05. The molecule has 0 bridgehead atoms. The summed E-state index contributed by atoms with van der Waals surface area (Å²) >= 11 is 7.08. The molecule has 0 aliphatic heterocycles. The molecule has 0 aliphatic rings. The van der Waals surface area contributed by atoms with Crippen molar-refractivity contribution in [3.05, 3.63) is 57.0 Å². The van der Waals surface area contributed by atoms with Crippen LogP contribution >= 0.6 is 22.9 Å². The molecule has 0 saturated heterocycles. The summed E-state index contributed by atoms with van der Waals surface area (Å²) in [6.07, 6.45) is 0. The van der Waals surface area contributed by atoms with Crippen LogP contribution in [0.25, 0.3) is 0 Å². The zero-order valence-electron chi connectivity index (χ0n) is 8.74. The monoisotopic (exact) mass is 269 g/mol. The highest BCUT2D eigenvalue weighted by molar-refractivity contribution is 7.12. The number of halogens is 2. The molecule has 2 nitrogen and oxygen atoms in total. The van der Waals surface area contributed by atoms with Gasteiger partial charge in [-0.2, -0.15) is 0 Å². The van der Waals surface area contributed by atoms with Gasteiger partial charge in [0.1, 0.15) is 10.7 Å². The smallest absolute Gasteiger partial charge is 0.263 e. The van der Waals surface area contributed by atoms with E-state index in [0.717, 1.165) is 0 Å². The number of benzene rings is 1. The summed E-state index contributed by atoms with van der Waals surface area (Å²) in [6.45, 7) is 0.153. The molecule has 1 heterocycles. The number of amides is 1. The van der Waals surface area contributed by atoms with Crippen LogP contribution in [0.5, 0.6) is 0 Å². The highest BCUT2D eigenvalue weighted by Gasteiger charge is 2.11. The van der Waals surface area contributed by atoms with Gasteiger partial charge in [0.05, 0.1) is 5.02 Å². The van der Waals surface area contributed by atoms with E-state index < -0.39 is 0 Å². The first kappa shape index (κ1) is 12.1. The fourth-order valence-electron chi connectivity index (χ4n) is 1.35. The molecule has 0 fully saturated rings. The molecule has 0 atom stereocenters. The van der Waals surface area contributed by atoms with Crippen molar-refractivity contribution in [3.8, 4) is 0 Å². The van der Waals surface area contributed by atoms with Crippen molar-refractivity contribution in [2.45, 2.75) is 6.54 Å². The molecule has 88 valence electrons. The molecule has 1 aromatic heterocycles. The molecular weight excluding hydrogens is 261 g/mol. The summed E-state index contributed by atoms with van der Waals surface area (Å²) in [5.41, 5.74) is 0.452. The summed E-state index contributed by atoms with van der Waals surface area (Å²) in [7, 11) is 0. The third-order valence-corrected chi connectivity index (χ3v) is 3.56. The maximum atomic E-state index is 13.3. The summed E-state index contributed by atoms with van der Waals surface area (Å²) in [6, 6.07) is 7.98. The van der Waals surface area contributed by atoms with Crippen LogP contribution in [0.2, 0.25) is 5.02 Å². The molecule has 1 amide bonds. The first-order valence-electron chi connectivity index (χ1n) is 4.93. The van der Waals surface area contributed by atoms with Gasteiger partial charge in [0.2, 0.25) is 0 Å². The fourth-order valence-corrected chi connectivity index (χ4v) is 2.41.